The van der Waals surface area contributed by atoms with Gasteiger partial charge in [0.1, 0.15) is 11.6 Å². The van der Waals surface area contributed by atoms with Crippen LogP contribution in [-0.4, -0.2) is 33.6 Å². The van der Waals surface area contributed by atoms with E-state index in [0.29, 0.717) is 18.1 Å². The summed E-state index contributed by atoms with van der Waals surface area (Å²) >= 11 is 1.52. The number of carbonyl (C=O) groups excluding carboxylic acids is 1. The maximum Gasteiger partial charge on any atom is 0.232 e. The molecule has 2 rings (SSSR count). The fraction of sp³-hybridized carbons (Fsp3) is 0.286. The van der Waals surface area contributed by atoms with Gasteiger partial charge in [0.05, 0.1) is 12.3 Å². The van der Waals surface area contributed by atoms with Crippen molar-refractivity contribution >= 4 is 17.7 Å². The van der Waals surface area contributed by atoms with Crippen LogP contribution in [0.4, 0.5) is 4.39 Å². The largest absolute Gasteiger partial charge is 0.347 e. The van der Waals surface area contributed by atoms with E-state index in [1.54, 1.807) is 36.5 Å². The number of nitrogens with zero attached hydrogens (tertiary/aromatic N) is 2. The summed E-state index contributed by atoms with van der Waals surface area (Å²) in [6, 6.07) is 6.33. The number of benzene rings is 1. The third-order valence-electron chi connectivity index (χ3n) is 2.78. The van der Waals surface area contributed by atoms with E-state index in [9.17, 15) is 9.18 Å². The van der Waals surface area contributed by atoms with Crippen LogP contribution >= 0.6 is 11.8 Å². The van der Waals surface area contributed by atoms with E-state index in [-0.39, 0.29) is 11.7 Å². The van der Waals surface area contributed by atoms with Crippen LogP contribution in [0.15, 0.2) is 36.7 Å². The predicted octanol–water partition coefficient (Wildman–Crippen LogP) is 2.44. The summed E-state index contributed by atoms with van der Waals surface area (Å²) in [4.78, 5) is 20.6. The maximum atomic E-state index is 12.7. The molecule has 0 fully saturated rings. The normalized spacial score (nSPS) is 10.5. The second-order valence-electron chi connectivity index (χ2n) is 4.40. The van der Waals surface area contributed by atoms with Crippen molar-refractivity contribution in [2.45, 2.75) is 12.3 Å². The van der Waals surface area contributed by atoms with Crippen LogP contribution in [0.3, 0.4) is 0 Å². The first kappa shape index (κ1) is 14.6. The smallest absolute Gasteiger partial charge is 0.232 e. The lowest BCUT2D eigenvalue weighted by Gasteiger charge is -2.15. The van der Waals surface area contributed by atoms with Crippen LogP contribution in [0, 0.1) is 5.82 Å². The van der Waals surface area contributed by atoms with E-state index >= 15 is 0 Å². The average Bonchev–Trinajstić information content (AvgIpc) is 2.93. The molecule has 0 saturated carbocycles. The summed E-state index contributed by atoms with van der Waals surface area (Å²) in [5.74, 6) is 1.67. The number of hydrogen-bond donors (Lipinski definition) is 1. The molecule has 0 aliphatic carbocycles. The summed E-state index contributed by atoms with van der Waals surface area (Å²) in [7, 11) is 1.75. The minimum absolute atomic E-state index is 0.0495. The molecule has 0 aliphatic heterocycles. The van der Waals surface area contributed by atoms with Gasteiger partial charge in [0.25, 0.3) is 0 Å². The summed E-state index contributed by atoms with van der Waals surface area (Å²) in [5, 5.41) is 0. The summed E-state index contributed by atoms with van der Waals surface area (Å²) in [6.07, 6.45) is 3.40. The highest BCUT2D eigenvalue weighted by Gasteiger charge is 2.10. The number of H-pyrrole nitrogens is 1. The first-order valence-corrected chi connectivity index (χ1v) is 7.35. The van der Waals surface area contributed by atoms with Crippen molar-refractivity contribution in [2.75, 3.05) is 12.8 Å². The maximum absolute atomic E-state index is 12.7. The van der Waals surface area contributed by atoms with Crippen LogP contribution in [0.5, 0.6) is 0 Å². The molecule has 1 heterocycles. The van der Waals surface area contributed by atoms with E-state index in [0.717, 1.165) is 11.4 Å². The molecule has 0 saturated heterocycles. The van der Waals surface area contributed by atoms with Gasteiger partial charge in [-0.2, -0.15) is 0 Å². The average molecular weight is 293 g/mol. The first-order chi connectivity index (χ1) is 9.65. The van der Waals surface area contributed by atoms with Crippen molar-refractivity contribution in [3.8, 4) is 0 Å². The number of thioether (sulfide) groups is 1. The van der Waals surface area contributed by atoms with Crippen LogP contribution in [0.25, 0.3) is 0 Å². The Balaban J connectivity index is 1.73. The number of halogens is 1. The van der Waals surface area contributed by atoms with Gasteiger partial charge < -0.3 is 9.88 Å². The molecule has 1 amide bonds. The number of carbonyl (C=O) groups is 1. The van der Waals surface area contributed by atoms with Gasteiger partial charge in [0.2, 0.25) is 5.91 Å². The quantitative estimate of drug-likeness (QED) is 0.890. The zero-order valence-electron chi connectivity index (χ0n) is 11.2. The number of nitrogens with one attached hydrogen (secondary N) is 1. The lowest BCUT2D eigenvalue weighted by molar-refractivity contribution is -0.127. The first-order valence-electron chi connectivity index (χ1n) is 6.19. The van der Waals surface area contributed by atoms with Crippen LogP contribution in [-0.2, 0) is 17.1 Å². The molecular formula is C14H16FN3OS. The number of hydrogen-bond acceptors (Lipinski definition) is 3. The van der Waals surface area contributed by atoms with E-state index < -0.39 is 0 Å². The highest BCUT2D eigenvalue weighted by molar-refractivity contribution is 7.99. The minimum Gasteiger partial charge on any atom is -0.347 e. The lowest BCUT2D eigenvalue weighted by atomic mass is 10.2. The molecule has 0 bridgehead atoms. The SMILES string of the molecule is CN(Cc1ncc[nH]1)C(=O)CSCc1ccc(F)cc1. The van der Waals surface area contributed by atoms with Crippen molar-refractivity contribution in [2.24, 2.45) is 0 Å². The third kappa shape index (κ3) is 4.38. The van der Waals surface area contributed by atoms with Crippen molar-refractivity contribution in [1.82, 2.24) is 14.9 Å². The fourth-order valence-electron chi connectivity index (χ4n) is 1.64. The Morgan fingerprint density at radius 3 is 2.80 bits per heavy atom. The Labute approximate surface area is 121 Å². The number of aromatic nitrogens is 2. The molecular weight excluding hydrogens is 277 g/mol. The van der Waals surface area contributed by atoms with Crippen molar-refractivity contribution in [3.05, 3.63) is 53.9 Å². The van der Waals surface area contributed by atoms with Gasteiger partial charge in [-0.25, -0.2) is 9.37 Å². The summed E-state index contributed by atoms with van der Waals surface area (Å²) in [5.41, 5.74) is 1.01. The second kappa shape index (κ2) is 7.09. The van der Waals surface area contributed by atoms with Crippen LogP contribution in [0.1, 0.15) is 11.4 Å². The Kier molecular flexibility index (Phi) is 5.17. The van der Waals surface area contributed by atoms with Gasteiger partial charge in [-0.3, -0.25) is 4.79 Å². The van der Waals surface area contributed by atoms with Gasteiger partial charge in [-0.1, -0.05) is 12.1 Å². The molecule has 0 aliphatic rings. The van der Waals surface area contributed by atoms with Gasteiger partial charge in [0, 0.05) is 25.2 Å². The highest BCUT2D eigenvalue weighted by atomic mass is 32.2. The molecule has 1 aromatic heterocycles. The molecule has 4 nitrogen and oxygen atoms in total. The molecule has 0 atom stereocenters. The van der Waals surface area contributed by atoms with E-state index in [1.807, 2.05) is 0 Å². The number of amides is 1. The molecule has 0 unspecified atom stereocenters. The van der Waals surface area contributed by atoms with E-state index in [1.165, 1.54) is 23.9 Å². The van der Waals surface area contributed by atoms with Gasteiger partial charge in [-0.15, -0.1) is 11.8 Å². The molecule has 0 radical (unpaired) electrons. The molecule has 2 aromatic rings. The standard InChI is InChI=1S/C14H16FN3OS/c1-18(8-13-16-6-7-17-13)14(19)10-20-9-11-2-4-12(15)5-3-11/h2-7H,8-10H2,1H3,(H,16,17). The zero-order valence-corrected chi connectivity index (χ0v) is 12.0. The third-order valence-corrected chi connectivity index (χ3v) is 3.76. The molecule has 1 aromatic carbocycles. The lowest BCUT2D eigenvalue weighted by Crippen LogP contribution is -2.28. The predicted molar refractivity (Wildman–Crippen MR) is 77.6 cm³/mol. The second-order valence-corrected chi connectivity index (χ2v) is 5.39. The van der Waals surface area contributed by atoms with Crippen LogP contribution in [0.2, 0.25) is 0 Å². The molecule has 1 N–H and O–H groups in total. The number of rotatable bonds is 6. The van der Waals surface area contributed by atoms with Gasteiger partial charge in [-0.05, 0) is 17.7 Å². The summed E-state index contributed by atoms with van der Waals surface area (Å²) < 4.78 is 12.7. The van der Waals surface area contributed by atoms with Crippen molar-refractivity contribution in [3.63, 3.8) is 0 Å². The van der Waals surface area contributed by atoms with Gasteiger partial charge in [0.15, 0.2) is 0 Å². The minimum atomic E-state index is -0.243. The molecule has 6 heteroatoms. The monoisotopic (exact) mass is 293 g/mol. The fourth-order valence-corrected chi connectivity index (χ4v) is 2.57. The van der Waals surface area contributed by atoms with Crippen LogP contribution < -0.4 is 0 Å². The Morgan fingerprint density at radius 2 is 2.15 bits per heavy atom. The molecule has 20 heavy (non-hydrogen) atoms. The zero-order chi connectivity index (χ0) is 14.4. The topological polar surface area (TPSA) is 49.0 Å². The number of aromatic amines is 1. The summed E-state index contributed by atoms with van der Waals surface area (Å²) in [6.45, 7) is 0.475. The van der Waals surface area contributed by atoms with E-state index in [2.05, 4.69) is 9.97 Å². The Bertz CT molecular complexity index is 542. The molecule has 0 spiro atoms. The van der Waals surface area contributed by atoms with Gasteiger partial charge >= 0.3 is 0 Å². The Morgan fingerprint density at radius 1 is 1.40 bits per heavy atom. The Hall–Kier alpha value is -1.82. The van der Waals surface area contributed by atoms with E-state index in [4.69, 9.17) is 0 Å². The number of imidazole rings is 1. The van der Waals surface area contributed by atoms with Crippen molar-refractivity contribution < 1.29 is 9.18 Å². The highest BCUT2D eigenvalue weighted by Crippen LogP contribution is 2.13. The molecule has 106 valence electrons. The van der Waals surface area contributed by atoms with Crippen molar-refractivity contribution in [1.29, 1.82) is 0 Å².